The summed E-state index contributed by atoms with van der Waals surface area (Å²) in [5.41, 5.74) is 0.823. The summed E-state index contributed by atoms with van der Waals surface area (Å²) in [7, 11) is 0. The van der Waals surface area contributed by atoms with Crippen molar-refractivity contribution in [3.63, 3.8) is 0 Å². The van der Waals surface area contributed by atoms with Crippen LogP contribution in [0.2, 0.25) is 0 Å². The zero-order chi connectivity index (χ0) is 18.9. The van der Waals surface area contributed by atoms with E-state index in [0.29, 0.717) is 30.9 Å². The third kappa shape index (κ3) is 3.84. The summed E-state index contributed by atoms with van der Waals surface area (Å²) in [5.74, 6) is -0.193. The number of nitrogens with one attached hydrogen (secondary N) is 1. The predicted molar refractivity (Wildman–Crippen MR) is 98.6 cm³/mol. The average molecular weight is 387 g/mol. The fourth-order valence-corrected chi connectivity index (χ4v) is 4.25. The van der Waals surface area contributed by atoms with E-state index in [1.807, 2.05) is 17.2 Å². The molecule has 0 aliphatic carbocycles. The van der Waals surface area contributed by atoms with E-state index in [-0.39, 0.29) is 23.5 Å². The summed E-state index contributed by atoms with van der Waals surface area (Å²) < 4.78 is 6.09. The van der Waals surface area contributed by atoms with Crippen LogP contribution in [0.4, 0.5) is 0 Å². The Morgan fingerprint density at radius 1 is 1.33 bits per heavy atom. The highest BCUT2D eigenvalue weighted by Crippen LogP contribution is 2.41. The first-order valence-corrected chi connectivity index (χ1v) is 9.85. The molecule has 4 rings (SSSR count). The summed E-state index contributed by atoms with van der Waals surface area (Å²) >= 11 is 1.49. The fourth-order valence-electron chi connectivity index (χ4n) is 3.66. The number of hydrogen-bond acceptors (Lipinski definition) is 7. The molecule has 0 radical (unpaired) electrons. The van der Waals surface area contributed by atoms with Crippen LogP contribution in [-0.4, -0.2) is 63.0 Å². The molecule has 1 atom stereocenters. The smallest absolute Gasteiger partial charge is 0.273 e. The van der Waals surface area contributed by atoms with E-state index in [1.165, 1.54) is 30.1 Å². The van der Waals surface area contributed by atoms with E-state index in [4.69, 9.17) is 4.74 Å². The molecule has 9 heteroatoms. The number of hydrogen-bond donors (Lipinski definition) is 1. The number of aromatic nitrogens is 3. The molecule has 2 aromatic heterocycles. The van der Waals surface area contributed by atoms with Crippen molar-refractivity contribution in [3.05, 3.63) is 40.4 Å². The summed E-state index contributed by atoms with van der Waals surface area (Å²) in [5, 5.41) is 5.58. The summed E-state index contributed by atoms with van der Waals surface area (Å²) in [6.45, 7) is 3.72. The van der Waals surface area contributed by atoms with Gasteiger partial charge in [-0.15, -0.1) is 11.3 Å². The SMILES string of the molecule is Cc1nc(C(=O)N2CCC3(CC2)C[C@H](CNC(=O)c2cncnc2)O3)cs1. The van der Waals surface area contributed by atoms with Gasteiger partial charge in [-0.3, -0.25) is 9.59 Å². The number of nitrogens with zero attached hydrogens (tertiary/aromatic N) is 4. The number of likely N-dealkylation sites (tertiary alicyclic amines) is 1. The van der Waals surface area contributed by atoms with Crippen molar-refractivity contribution in [2.24, 2.45) is 0 Å². The molecule has 4 heterocycles. The van der Waals surface area contributed by atoms with Gasteiger partial charge < -0.3 is 15.0 Å². The third-order valence-electron chi connectivity index (χ3n) is 5.13. The van der Waals surface area contributed by atoms with Gasteiger partial charge in [0.15, 0.2) is 0 Å². The van der Waals surface area contributed by atoms with E-state index < -0.39 is 0 Å². The van der Waals surface area contributed by atoms with Crippen LogP contribution in [-0.2, 0) is 4.74 Å². The Hall–Kier alpha value is -2.39. The lowest BCUT2D eigenvalue weighted by Crippen LogP contribution is -2.59. The Balaban J connectivity index is 1.22. The number of thiazole rings is 1. The van der Waals surface area contributed by atoms with Crippen molar-refractivity contribution in [1.82, 2.24) is 25.2 Å². The van der Waals surface area contributed by atoms with E-state index in [0.717, 1.165) is 24.3 Å². The predicted octanol–water partition coefficient (Wildman–Crippen LogP) is 1.44. The van der Waals surface area contributed by atoms with E-state index in [9.17, 15) is 9.59 Å². The van der Waals surface area contributed by atoms with Crippen molar-refractivity contribution in [2.45, 2.75) is 37.9 Å². The molecule has 2 aliphatic rings. The van der Waals surface area contributed by atoms with Gasteiger partial charge in [-0.2, -0.15) is 0 Å². The van der Waals surface area contributed by atoms with Gasteiger partial charge in [0.2, 0.25) is 0 Å². The molecule has 2 aromatic rings. The van der Waals surface area contributed by atoms with Gasteiger partial charge in [-0.25, -0.2) is 15.0 Å². The second-order valence-electron chi connectivity index (χ2n) is 7.01. The highest BCUT2D eigenvalue weighted by molar-refractivity contribution is 7.09. The molecule has 0 aromatic carbocycles. The molecule has 0 bridgehead atoms. The lowest BCUT2D eigenvalue weighted by Gasteiger charge is -2.52. The molecule has 27 heavy (non-hydrogen) atoms. The highest BCUT2D eigenvalue weighted by atomic mass is 32.1. The lowest BCUT2D eigenvalue weighted by molar-refractivity contribution is -0.219. The Bertz CT molecular complexity index is 825. The Morgan fingerprint density at radius 3 is 2.67 bits per heavy atom. The molecular weight excluding hydrogens is 366 g/mol. The average Bonchev–Trinajstić information content (AvgIpc) is 3.11. The summed E-state index contributed by atoms with van der Waals surface area (Å²) in [4.78, 5) is 38.3. The molecule has 1 N–H and O–H groups in total. The van der Waals surface area contributed by atoms with Crippen LogP contribution in [0, 0.1) is 6.92 Å². The standard InChI is InChI=1S/C18H21N5O3S/c1-12-22-15(10-27-12)17(25)23-4-2-18(3-5-23)6-14(26-18)9-21-16(24)13-7-19-11-20-8-13/h7-8,10-11,14H,2-6,9H2,1H3,(H,21,24)/t14-/m1/s1. The molecule has 2 fully saturated rings. The molecule has 0 unspecified atom stereocenters. The zero-order valence-electron chi connectivity index (χ0n) is 15.1. The second-order valence-corrected chi connectivity index (χ2v) is 8.07. The molecule has 2 amide bonds. The normalized spacial score (nSPS) is 20.9. The molecule has 2 saturated heterocycles. The van der Waals surface area contributed by atoms with Crippen molar-refractivity contribution < 1.29 is 14.3 Å². The van der Waals surface area contributed by atoms with Gasteiger partial charge in [-0.05, 0) is 19.8 Å². The Morgan fingerprint density at radius 2 is 2.04 bits per heavy atom. The number of aryl methyl sites for hydroxylation is 1. The van der Waals surface area contributed by atoms with Gasteiger partial charge in [0.1, 0.15) is 12.0 Å². The van der Waals surface area contributed by atoms with Crippen LogP contribution in [0.3, 0.4) is 0 Å². The van der Waals surface area contributed by atoms with Gasteiger partial charge in [0.25, 0.3) is 11.8 Å². The second kappa shape index (κ2) is 7.32. The third-order valence-corrected chi connectivity index (χ3v) is 5.90. The van der Waals surface area contributed by atoms with Crippen LogP contribution in [0.15, 0.2) is 24.1 Å². The van der Waals surface area contributed by atoms with E-state index in [1.54, 1.807) is 0 Å². The largest absolute Gasteiger partial charge is 0.370 e. The first-order chi connectivity index (χ1) is 13.0. The number of carbonyl (C=O) groups excluding carboxylic acids is 2. The first-order valence-electron chi connectivity index (χ1n) is 8.97. The Kier molecular flexibility index (Phi) is 4.88. The van der Waals surface area contributed by atoms with Crippen molar-refractivity contribution in [2.75, 3.05) is 19.6 Å². The van der Waals surface area contributed by atoms with Gasteiger partial charge >= 0.3 is 0 Å². The van der Waals surface area contributed by atoms with Gasteiger partial charge in [-0.1, -0.05) is 0 Å². The highest BCUT2D eigenvalue weighted by Gasteiger charge is 2.47. The molecular formula is C18H21N5O3S. The number of amides is 2. The number of carbonyl (C=O) groups is 2. The fraction of sp³-hybridized carbons (Fsp3) is 0.500. The van der Waals surface area contributed by atoms with Gasteiger partial charge in [0, 0.05) is 43.8 Å². The quantitative estimate of drug-likeness (QED) is 0.853. The topological polar surface area (TPSA) is 97.3 Å². The Labute approximate surface area is 161 Å². The van der Waals surface area contributed by atoms with E-state index >= 15 is 0 Å². The maximum atomic E-state index is 12.5. The lowest BCUT2D eigenvalue weighted by atomic mass is 9.80. The minimum absolute atomic E-state index is 0.00224. The van der Waals surface area contributed by atoms with Crippen molar-refractivity contribution in [3.8, 4) is 0 Å². The first kappa shape index (κ1) is 18.0. The monoisotopic (exact) mass is 387 g/mol. The van der Waals surface area contributed by atoms with Crippen LogP contribution in [0.25, 0.3) is 0 Å². The number of piperidine rings is 1. The summed E-state index contributed by atoms with van der Waals surface area (Å²) in [6.07, 6.45) is 6.92. The molecule has 0 saturated carbocycles. The molecule has 1 spiro atoms. The summed E-state index contributed by atoms with van der Waals surface area (Å²) in [6, 6.07) is 0. The van der Waals surface area contributed by atoms with Crippen LogP contribution >= 0.6 is 11.3 Å². The van der Waals surface area contributed by atoms with Crippen LogP contribution < -0.4 is 5.32 Å². The van der Waals surface area contributed by atoms with Crippen molar-refractivity contribution >= 4 is 23.2 Å². The molecule has 8 nitrogen and oxygen atoms in total. The minimum Gasteiger partial charge on any atom is -0.370 e. The van der Waals surface area contributed by atoms with Gasteiger partial charge in [0.05, 0.1) is 22.3 Å². The maximum Gasteiger partial charge on any atom is 0.273 e. The van der Waals surface area contributed by atoms with Crippen molar-refractivity contribution in [1.29, 1.82) is 0 Å². The van der Waals surface area contributed by atoms with Crippen LogP contribution in [0.5, 0.6) is 0 Å². The molecule has 142 valence electrons. The number of rotatable bonds is 4. The molecule has 2 aliphatic heterocycles. The zero-order valence-corrected chi connectivity index (χ0v) is 15.9. The maximum absolute atomic E-state index is 12.5. The van der Waals surface area contributed by atoms with E-state index in [2.05, 4.69) is 20.3 Å². The van der Waals surface area contributed by atoms with Crippen LogP contribution in [0.1, 0.15) is 45.1 Å². The number of ether oxygens (including phenoxy) is 1. The minimum atomic E-state index is -0.195.